The van der Waals surface area contributed by atoms with Gasteiger partial charge in [-0.2, -0.15) is 0 Å². The Balaban J connectivity index is 0.00000256. The van der Waals surface area contributed by atoms with E-state index in [0.717, 1.165) is 43.8 Å². The van der Waals surface area contributed by atoms with Crippen molar-refractivity contribution in [3.05, 3.63) is 97.1 Å². The molecule has 3 aromatic heterocycles. The maximum Gasteiger partial charge on any atom is 0.164 e. The number of aromatic amines is 2. The third-order valence-corrected chi connectivity index (χ3v) is 7.46. The van der Waals surface area contributed by atoms with Gasteiger partial charge in [0.1, 0.15) is 22.6 Å². The predicted octanol–water partition coefficient (Wildman–Crippen LogP) is 5.42. The molecule has 0 radical (unpaired) electrons. The number of nitrogens with one attached hydrogen (secondary N) is 2. The molecule has 0 amide bonds. The first-order valence-electron chi connectivity index (χ1n) is 13.0. The molecule has 41 heavy (non-hydrogen) atoms. The van der Waals surface area contributed by atoms with E-state index in [9.17, 15) is 0 Å². The molecule has 194 valence electrons. The first-order chi connectivity index (χ1) is 19.8. The molecule has 8 bridgehead atoms. The SMILES string of the molecule is [GeH4].c1ccc2c(c1)-c1nc-2nc2[nH]c(nc3nc(nc4[nH]c(n1)c1ccccc41)-c1ccccc1-3)c1ccccc21. The molecule has 0 spiro atoms. The average Bonchev–Trinajstić information content (AvgIpc) is 3.73. The fourth-order valence-corrected chi connectivity index (χ4v) is 5.59. The van der Waals surface area contributed by atoms with E-state index in [1.54, 1.807) is 0 Å². The van der Waals surface area contributed by atoms with Gasteiger partial charge in [-0.1, -0.05) is 97.1 Å². The Morgan fingerprint density at radius 1 is 0.317 bits per heavy atom. The third-order valence-electron chi connectivity index (χ3n) is 7.46. The normalized spacial score (nSPS) is 11.7. The molecule has 0 fully saturated rings. The van der Waals surface area contributed by atoms with Crippen molar-refractivity contribution in [3.8, 4) is 45.6 Å². The van der Waals surface area contributed by atoms with Crippen molar-refractivity contribution in [3.63, 3.8) is 0 Å². The molecule has 8 nitrogen and oxygen atoms in total. The Morgan fingerprint density at radius 2 is 0.561 bits per heavy atom. The van der Waals surface area contributed by atoms with Gasteiger partial charge in [-0.05, 0) is 0 Å². The van der Waals surface area contributed by atoms with E-state index >= 15 is 0 Å². The molecular weight excluding hydrogens is 569 g/mol. The van der Waals surface area contributed by atoms with Crippen LogP contribution in [0.5, 0.6) is 0 Å². The van der Waals surface area contributed by atoms with Gasteiger partial charge in [0.25, 0.3) is 0 Å². The van der Waals surface area contributed by atoms with Gasteiger partial charge in [-0.3, -0.25) is 0 Å². The van der Waals surface area contributed by atoms with Gasteiger partial charge in [-0.25, -0.2) is 29.9 Å². The Morgan fingerprint density at radius 3 is 0.829 bits per heavy atom. The summed E-state index contributed by atoms with van der Waals surface area (Å²) in [5.74, 6) is 2.39. The maximum absolute atomic E-state index is 5.02. The van der Waals surface area contributed by atoms with Crippen LogP contribution in [0.2, 0.25) is 0 Å². The first kappa shape index (κ1) is 23.7. The first-order valence-corrected chi connectivity index (χ1v) is 13.0. The molecule has 0 unspecified atom stereocenters. The second-order valence-electron chi connectivity index (χ2n) is 9.79. The van der Waals surface area contributed by atoms with Gasteiger partial charge in [0.2, 0.25) is 0 Å². The quantitative estimate of drug-likeness (QED) is 0.228. The number of H-pyrrole nitrogens is 2. The minimum Gasteiger partial charge on any atom is -0.324 e. The topological polar surface area (TPSA) is 109 Å². The van der Waals surface area contributed by atoms with Gasteiger partial charge in [0, 0.05) is 43.8 Å². The van der Waals surface area contributed by atoms with Crippen LogP contribution in [-0.2, 0) is 0 Å². The van der Waals surface area contributed by atoms with Gasteiger partial charge in [0.05, 0.1) is 0 Å². The number of nitrogens with zero attached hydrogens (tertiary/aromatic N) is 6. The zero-order chi connectivity index (χ0) is 26.2. The number of hydrogen-bond donors (Lipinski definition) is 2. The van der Waals surface area contributed by atoms with Gasteiger partial charge in [-0.15, -0.1) is 0 Å². The molecule has 5 heterocycles. The van der Waals surface area contributed by atoms with Crippen LogP contribution >= 0.6 is 0 Å². The predicted molar refractivity (Wildman–Crippen MR) is 167 cm³/mol. The van der Waals surface area contributed by atoms with Crippen LogP contribution in [0.15, 0.2) is 97.1 Å². The van der Waals surface area contributed by atoms with Crippen LogP contribution in [0.1, 0.15) is 0 Å². The molecule has 2 N–H and O–H groups in total. The van der Waals surface area contributed by atoms with Crippen molar-refractivity contribution < 1.29 is 0 Å². The summed E-state index contributed by atoms with van der Waals surface area (Å²) in [6, 6.07) is 32.2. The Hall–Kier alpha value is -5.22. The summed E-state index contributed by atoms with van der Waals surface area (Å²) in [6.07, 6.45) is 0. The van der Waals surface area contributed by atoms with Crippen LogP contribution in [0.3, 0.4) is 0 Å². The van der Waals surface area contributed by atoms with Crippen LogP contribution in [0, 0.1) is 0 Å². The molecule has 9 rings (SSSR count). The number of hydrogen-bond acceptors (Lipinski definition) is 6. The van der Waals surface area contributed by atoms with Crippen molar-refractivity contribution in [2.24, 2.45) is 0 Å². The molecule has 9 heteroatoms. The molecule has 2 aliphatic heterocycles. The van der Waals surface area contributed by atoms with Crippen molar-refractivity contribution in [2.45, 2.75) is 0 Å². The van der Waals surface area contributed by atoms with E-state index in [4.69, 9.17) is 29.9 Å². The molecule has 4 aromatic carbocycles. The standard InChI is InChI=1S/C32H18N8.GeH4/c1-2-10-18-17(9-1)25-33-26(18)38-28-21-13-5-6-14-22(21)30(35-28)40-32-24-16-8-7-15-23(24)31(36-32)39-29-20-12-4-3-11-19(20)27(34-29)37-25;/h1-16H,(H2,33,34,35,36,37,38,39,40);1H4. The fourth-order valence-electron chi connectivity index (χ4n) is 5.59. The zero-order valence-corrected chi connectivity index (χ0v) is 20.9. The van der Waals surface area contributed by atoms with Crippen LogP contribution in [0.4, 0.5) is 0 Å². The molecule has 7 aromatic rings. The molecule has 0 saturated carbocycles. The number of aromatic nitrogens is 8. The van der Waals surface area contributed by atoms with Crippen molar-refractivity contribution in [1.29, 1.82) is 0 Å². The maximum atomic E-state index is 5.02. The second kappa shape index (κ2) is 8.90. The molecule has 0 saturated heterocycles. The monoisotopic (exact) mass is 592 g/mol. The molecular formula is C32H22GeN8. The summed E-state index contributed by atoms with van der Waals surface area (Å²) in [4.78, 5) is 36.8. The fraction of sp³-hybridized carbons (Fsp3) is 0. The van der Waals surface area contributed by atoms with Crippen LogP contribution in [-0.4, -0.2) is 57.5 Å². The molecule has 2 aliphatic rings. The van der Waals surface area contributed by atoms with E-state index in [-0.39, 0.29) is 17.6 Å². The summed E-state index contributed by atoms with van der Waals surface area (Å²) in [7, 11) is 0. The summed E-state index contributed by atoms with van der Waals surface area (Å²) in [5, 5.41) is 3.82. The van der Waals surface area contributed by atoms with E-state index in [1.165, 1.54) is 0 Å². The third kappa shape index (κ3) is 3.54. The Kier molecular flexibility index (Phi) is 5.13. The smallest absolute Gasteiger partial charge is 0.164 e. The molecule has 0 atom stereocenters. The number of rotatable bonds is 0. The minimum atomic E-state index is 0. The number of fused-ring (bicyclic) bond motifs is 20. The largest absolute Gasteiger partial charge is 0.324 e. The summed E-state index contributed by atoms with van der Waals surface area (Å²) >= 11 is 0. The van der Waals surface area contributed by atoms with Gasteiger partial charge < -0.3 is 9.97 Å². The summed E-state index contributed by atoms with van der Waals surface area (Å²) in [5.41, 5.74) is 6.45. The van der Waals surface area contributed by atoms with Crippen LogP contribution in [0.25, 0.3) is 89.7 Å². The number of benzene rings is 4. The summed E-state index contributed by atoms with van der Waals surface area (Å²) in [6.45, 7) is 0. The van der Waals surface area contributed by atoms with Crippen molar-refractivity contribution in [1.82, 2.24) is 39.9 Å². The Bertz CT molecular complexity index is 2030. The van der Waals surface area contributed by atoms with E-state index < -0.39 is 0 Å². The summed E-state index contributed by atoms with van der Waals surface area (Å²) < 4.78 is 0. The molecule has 0 aliphatic carbocycles. The van der Waals surface area contributed by atoms with E-state index in [2.05, 4.69) is 9.97 Å². The van der Waals surface area contributed by atoms with Gasteiger partial charge >= 0.3 is 17.6 Å². The van der Waals surface area contributed by atoms with Crippen LogP contribution < -0.4 is 0 Å². The van der Waals surface area contributed by atoms with E-state index in [0.29, 0.717) is 45.9 Å². The minimum absolute atomic E-state index is 0. The Labute approximate surface area is 243 Å². The average molecular weight is 591 g/mol. The van der Waals surface area contributed by atoms with Crippen molar-refractivity contribution >= 4 is 61.7 Å². The zero-order valence-electron chi connectivity index (χ0n) is 20.9. The van der Waals surface area contributed by atoms with Crippen molar-refractivity contribution in [2.75, 3.05) is 0 Å². The van der Waals surface area contributed by atoms with E-state index in [1.807, 2.05) is 97.1 Å². The second-order valence-corrected chi connectivity index (χ2v) is 9.79. The van der Waals surface area contributed by atoms with Gasteiger partial charge in [0.15, 0.2) is 23.3 Å².